The summed E-state index contributed by atoms with van der Waals surface area (Å²) in [5.41, 5.74) is 1.38. The van der Waals surface area contributed by atoms with Crippen molar-refractivity contribution in [2.75, 3.05) is 31.5 Å². The van der Waals surface area contributed by atoms with Gasteiger partial charge in [-0.15, -0.1) is 0 Å². The maximum Gasteiger partial charge on any atom is 0.416 e. The Hall–Kier alpha value is -4.27. The van der Waals surface area contributed by atoms with Crippen molar-refractivity contribution in [3.8, 4) is 11.8 Å². The van der Waals surface area contributed by atoms with E-state index in [-0.39, 0.29) is 23.4 Å². The van der Waals surface area contributed by atoms with Gasteiger partial charge in [-0.3, -0.25) is 19.6 Å². The van der Waals surface area contributed by atoms with Crippen LogP contribution < -0.4 is 5.32 Å². The van der Waals surface area contributed by atoms with Crippen LogP contribution in [0.3, 0.4) is 0 Å². The summed E-state index contributed by atoms with van der Waals surface area (Å²) in [5.74, 6) is 5.32. The van der Waals surface area contributed by atoms with E-state index in [4.69, 9.17) is 0 Å². The number of nitrogens with zero attached hydrogens (tertiary/aromatic N) is 6. The first kappa shape index (κ1) is 26.0. The van der Waals surface area contributed by atoms with E-state index in [9.17, 15) is 18.0 Å². The summed E-state index contributed by atoms with van der Waals surface area (Å²) < 4.78 is 43.6. The zero-order valence-corrected chi connectivity index (χ0v) is 21.5. The number of rotatable bonds is 5. The highest BCUT2D eigenvalue weighted by atomic mass is 19.4. The average Bonchev–Trinajstić information content (AvgIpc) is 3.72. The molecule has 6 rings (SSSR count). The Kier molecular flexibility index (Phi) is 6.96. The van der Waals surface area contributed by atoms with Gasteiger partial charge in [0.15, 0.2) is 5.65 Å². The van der Waals surface area contributed by atoms with Gasteiger partial charge in [-0.25, -0.2) is 9.50 Å². The number of aromatic nitrogens is 4. The van der Waals surface area contributed by atoms with Gasteiger partial charge in [0, 0.05) is 68.6 Å². The van der Waals surface area contributed by atoms with E-state index in [1.165, 1.54) is 43.4 Å². The third-order valence-corrected chi connectivity index (χ3v) is 7.15. The standard InChI is InChI=1S/C29H26F3N7O/c30-29(31,32)26-15-23(5-4-21(26)19-37-10-12-38(13-11-37)24-7-8-24)36-28(40)22-14-20(16-33-17-22)3-6-25-18-34-27-2-1-9-35-39(25)27/h1-2,4-5,9,14-18,24H,7-8,10-13,19H2,(H,36,40). The van der Waals surface area contributed by atoms with Gasteiger partial charge in [0.2, 0.25) is 0 Å². The summed E-state index contributed by atoms with van der Waals surface area (Å²) in [6.07, 6.45) is 3.96. The van der Waals surface area contributed by atoms with Crippen LogP contribution in [0.4, 0.5) is 18.9 Å². The number of hydrogen-bond acceptors (Lipinski definition) is 6. The van der Waals surface area contributed by atoms with Gasteiger partial charge in [-0.05, 0) is 54.7 Å². The normalized spacial score (nSPS) is 16.5. The third-order valence-electron chi connectivity index (χ3n) is 7.15. The highest BCUT2D eigenvalue weighted by molar-refractivity contribution is 6.04. The van der Waals surface area contributed by atoms with E-state index >= 15 is 0 Å². The van der Waals surface area contributed by atoms with Crippen LogP contribution in [0.25, 0.3) is 5.65 Å². The molecule has 8 nitrogen and oxygen atoms in total. The number of carbonyl (C=O) groups excluding carboxylic acids is 1. The maximum absolute atomic E-state index is 14.0. The molecule has 0 bridgehead atoms. The Bertz CT molecular complexity index is 1610. The van der Waals surface area contributed by atoms with E-state index in [2.05, 4.69) is 42.0 Å². The van der Waals surface area contributed by atoms with E-state index in [0.717, 1.165) is 32.2 Å². The lowest BCUT2D eigenvalue weighted by Gasteiger charge is -2.35. The van der Waals surface area contributed by atoms with Crippen molar-refractivity contribution in [3.05, 3.63) is 89.1 Å². The molecule has 1 aromatic carbocycles. The zero-order chi connectivity index (χ0) is 27.7. The number of nitrogens with one attached hydrogen (secondary N) is 1. The van der Waals surface area contributed by atoms with E-state index < -0.39 is 17.6 Å². The highest BCUT2D eigenvalue weighted by Gasteiger charge is 2.35. The molecular weight excluding hydrogens is 519 g/mol. The van der Waals surface area contributed by atoms with Crippen LogP contribution in [0.15, 0.2) is 61.2 Å². The molecule has 1 aliphatic heterocycles. The first-order valence-corrected chi connectivity index (χ1v) is 13.1. The lowest BCUT2D eigenvalue weighted by molar-refractivity contribution is -0.138. The van der Waals surface area contributed by atoms with Gasteiger partial charge in [-0.1, -0.05) is 12.0 Å². The molecule has 0 spiro atoms. The fourth-order valence-electron chi connectivity index (χ4n) is 4.91. The molecule has 4 heterocycles. The van der Waals surface area contributed by atoms with Gasteiger partial charge in [0.25, 0.3) is 5.91 Å². The van der Waals surface area contributed by atoms with Crippen molar-refractivity contribution >= 4 is 17.2 Å². The lowest BCUT2D eigenvalue weighted by Crippen LogP contribution is -2.46. The van der Waals surface area contributed by atoms with Crippen LogP contribution in [0.1, 0.15) is 45.6 Å². The van der Waals surface area contributed by atoms with Crippen LogP contribution in [0, 0.1) is 11.8 Å². The second-order valence-corrected chi connectivity index (χ2v) is 10.0. The molecule has 1 saturated heterocycles. The van der Waals surface area contributed by atoms with Crippen LogP contribution >= 0.6 is 0 Å². The number of carbonyl (C=O) groups is 1. The average molecular weight is 546 g/mol. The molecule has 1 aliphatic carbocycles. The summed E-state index contributed by atoms with van der Waals surface area (Å²) in [6.45, 7) is 3.47. The number of pyridine rings is 1. The van der Waals surface area contributed by atoms with Gasteiger partial charge < -0.3 is 5.32 Å². The fourth-order valence-corrected chi connectivity index (χ4v) is 4.91. The number of imidazole rings is 1. The second kappa shape index (κ2) is 10.7. The minimum atomic E-state index is -4.55. The highest BCUT2D eigenvalue weighted by Crippen LogP contribution is 2.35. The molecule has 1 N–H and O–H groups in total. The van der Waals surface area contributed by atoms with Crippen molar-refractivity contribution in [1.29, 1.82) is 0 Å². The van der Waals surface area contributed by atoms with Crippen LogP contribution in [0.5, 0.6) is 0 Å². The summed E-state index contributed by atoms with van der Waals surface area (Å²) in [4.78, 5) is 25.7. The molecule has 4 aromatic rings. The molecule has 0 radical (unpaired) electrons. The lowest BCUT2D eigenvalue weighted by atomic mass is 10.0. The molecular formula is C29H26F3N7O. The smallest absolute Gasteiger partial charge is 0.322 e. The summed E-state index contributed by atoms with van der Waals surface area (Å²) in [6, 6.07) is 9.74. The number of fused-ring (bicyclic) bond motifs is 1. The van der Waals surface area contributed by atoms with Crippen LogP contribution in [0.2, 0.25) is 0 Å². The monoisotopic (exact) mass is 545 g/mol. The SMILES string of the molecule is O=C(Nc1ccc(CN2CCN(C3CC3)CC2)c(C(F)(F)F)c1)c1cncc(C#Cc2cnc3cccnn23)c1. The minimum absolute atomic E-state index is 0.0629. The summed E-state index contributed by atoms with van der Waals surface area (Å²) >= 11 is 0. The molecule has 2 fully saturated rings. The number of hydrogen-bond donors (Lipinski definition) is 1. The second-order valence-electron chi connectivity index (χ2n) is 10.0. The molecule has 0 unspecified atom stereocenters. The molecule has 1 saturated carbocycles. The number of alkyl halides is 3. The van der Waals surface area contributed by atoms with Crippen molar-refractivity contribution < 1.29 is 18.0 Å². The Balaban J connectivity index is 1.15. The molecule has 0 atom stereocenters. The van der Waals surface area contributed by atoms with Crippen molar-refractivity contribution in [3.63, 3.8) is 0 Å². The van der Waals surface area contributed by atoms with Gasteiger partial charge >= 0.3 is 6.18 Å². The maximum atomic E-state index is 14.0. The van der Waals surface area contributed by atoms with Gasteiger partial charge in [0.1, 0.15) is 5.69 Å². The molecule has 3 aromatic heterocycles. The van der Waals surface area contributed by atoms with Gasteiger partial charge in [0.05, 0.1) is 17.3 Å². The van der Waals surface area contributed by atoms with Crippen molar-refractivity contribution in [2.45, 2.75) is 31.6 Å². The Labute approximate surface area is 228 Å². The molecule has 204 valence electrons. The number of amides is 1. The number of piperazine rings is 1. The fraction of sp³-hybridized carbons (Fsp3) is 0.310. The van der Waals surface area contributed by atoms with E-state index in [0.29, 0.717) is 22.9 Å². The molecule has 11 heteroatoms. The Morgan fingerprint density at radius 2 is 1.85 bits per heavy atom. The quantitative estimate of drug-likeness (QED) is 0.381. The first-order valence-electron chi connectivity index (χ1n) is 13.1. The van der Waals surface area contributed by atoms with Crippen LogP contribution in [-0.2, 0) is 12.7 Å². The Morgan fingerprint density at radius 1 is 1.02 bits per heavy atom. The molecule has 1 amide bonds. The first-order chi connectivity index (χ1) is 19.3. The summed E-state index contributed by atoms with van der Waals surface area (Å²) in [5, 5.41) is 6.78. The summed E-state index contributed by atoms with van der Waals surface area (Å²) in [7, 11) is 0. The van der Waals surface area contributed by atoms with Crippen molar-refractivity contribution in [1.82, 2.24) is 29.4 Å². The number of halogens is 3. The van der Waals surface area contributed by atoms with E-state index in [1.807, 2.05) is 0 Å². The third kappa shape index (κ3) is 5.83. The predicted octanol–water partition coefficient (Wildman–Crippen LogP) is 4.08. The topological polar surface area (TPSA) is 78.7 Å². The molecule has 40 heavy (non-hydrogen) atoms. The van der Waals surface area contributed by atoms with Crippen LogP contribution in [-0.4, -0.2) is 67.5 Å². The number of benzene rings is 1. The van der Waals surface area contributed by atoms with Crippen molar-refractivity contribution in [2.24, 2.45) is 0 Å². The largest absolute Gasteiger partial charge is 0.416 e. The minimum Gasteiger partial charge on any atom is -0.322 e. The van der Waals surface area contributed by atoms with E-state index in [1.54, 1.807) is 29.0 Å². The number of anilines is 1. The molecule has 2 aliphatic rings. The van der Waals surface area contributed by atoms with Gasteiger partial charge in [-0.2, -0.15) is 18.3 Å². The zero-order valence-electron chi connectivity index (χ0n) is 21.5. The predicted molar refractivity (Wildman–Crippen MR) is 142 cm³/mol. The Morgan fingerprint density at radius 3 is 2.62 bits per heavy atom.